The molecular weight excluding hydrogens is 424 g/mol. The average Bonchev–Trinajstić information content (AvgIpc) is 3.31. The molecule has 3 heterocycles. The molecule has 0 saturated carbocycles. The van der Waals surface area contributed by atoms with Crippen LogP contribution in [-0.4, -0.2) is 53.1 Å². The highest BCUT2D eigenvalue weighted by Crippen LogP contribution is 2.56. The standard InChI is InChI=1S/C23H24N6O2S/c1-14-8-7-9-15(12-14)13-28-19(25-26-27-28)18-23(2,3)32-22-17(21(31)29(18)22)24-20(30)16-10-5-4-6-11-16/h4-12,17-18,22H,13H2,1-3H3,(H,24,30)/t17?,18?,22-/m1/s1. The van der Waals surface area contributed by atoms with Crippen molar-refractivity contribution in [2.75, 3.05) is 0 Å². The first-order valence-electron chi connectivity index (χ1n) is 10.5. The summed E-state index contributed by atoms with van der Waals surface area (Å²) in [5, 5.41) is 15.2. The van der Waals surface area contributed by atoms with Crippen molar-refractivity contribution in [2.24, 2.45) is 0 Å². The van der Waals surface area contributed by atoms with Gasteiger partial charge in [0.25, 0.3) is 5.91 Å². The summed E-state index contributed by atoms with van der Waals surface area (Å²) in [4.78, 5) is 27.6. The van der Waals surface area contributed by atoms with Gasteiger partial charge in [-0.2, -0.15) is 0 Å². The smallest absolute Gasteiger partial charge is 0.252 e. The summed E-state index contributed by atoms with van der Waals surface area (Å²) in [6.45, 7) is 6.77. The van der Waals surface area contributed by atoms with Crippen molar-refractivity contribution in [1.29, 1.82) is 0 Å². The molecule has 5 rings (SSSR count). The van der Waals surface area contributed by atoms with E-state index in [1.165, 1.54) is 5.56 Å². The number of hydrogen-bond acceptors (Lipinski definition) is 6. The third kappa shape index (κ3) is 3.46. The summed E-state index contributed by atoms with van der Waals surface area (Å²) < 4.78 is 1.46. The molecule has 2 amide bonds. The molecule has 2 aromatic carbocycles. The van der Waals surface area contributed by atoms with Crippen LogP contribution in [-0.2, 0) is 11.3 Å². The zero-order valence-electron chi connectivity index (χ0n) is 18.1. The van der Waals surface area contributed by atoms with Crippen molar-refractivity contribution >= 4 is 23.6 Å². The molecule has 3 atom stereocenters. The van der Waals surface area contributed by atoms with Gasteiger partial charge in [0.05, 0.1) is 6.54 Å². The lowest BCUT2D eigenvalue weighted by atomic mass is 9.95. The van der Waals surface area contributed by atoms with Crippen molar-refractivity contribution in [3.8, 4) is 0 Å². The predicted octanol–water partition coefficient (Wildman–Crippen LogP) is 2.56. The Kier molecular flexibility index (Phi) is 5.00. The number of β-lactam (4-membered cyclic amide) rings is 1. The third-order valence-electron chi connectivity index (χ3n) is 5.98. The number of thioether (sulfide) groups is 1. The molecule has 2 unspecified atom stereocenters. The molecule has 2 aliphatic heterocycles. The number of carbonyl (C=O) groups is 2. The van der Waals surface area contributed by atoms with Gasteiger partial charge in [-0.1, -0.05) is 48.0 Å². The number of hydrogen-bond donors (Lipinski definition) is 1. The summed E-state index contributed by atoms with van der Waals surface area (Å²) in [6.07, 6.45) is 0. The Morgan fingerprint density at radius 2 is 1.94 bits per heavy atom. The minimum absolute atomic E-state index is 0.104. The lowest BCUT2D eigenvalue weighted by Gasteiger charge is -2.44. The van der Waals surface area contributed by atoms with Gasteiger partial charge < -0.3 is 10.2 Å². The maximum absolute atomic E-state index is 13.1. The SMILES string of the molecule is Cc1cccc(Cn2nnnc2C2N3C(=O)C(NC(=O)c4ccccc4)[C@H]3SC2(C)C)c1. The van der Waals surface area contributed by atoms with Gasteiger partial charge in [-0.05, 0) is 48.9 Å². The van der Waals surface area contributed by atoms with E-state index < -0.39 is 6.04 Å². The summed E-state index contributed by atoms with van der Waals surface area (Å²) in [7, 11) is 0. The minimum atomic E-state index is -0.557. The number of rotatable bonds is 5. The summed E-state index contributed by atoms with van der Waals surface area (Å²) in [6, 6.07) is 16.3. The monoisotopic (exact) mass is 448 g/mol. The summed E-state index contributed by atoms with van der Waals surface area (Å²) in [5.74, 6) is 0.315. The van der Waals surface area contributed by atoms with Crippen molar-refractivity contribution in [3.05, 3.63) is 77.1 Å². The molecule has 8 nitrogen and oxygen atoms in total. The fourth-order valence-corrected chi connectivity index (χ4v) is 6.11. The van der Waals surface area contributed by atoms with Gasteiger partial charge in [0.1, 0.15) is 17.5 Å². The highest BCUT2D eigenvalue weighted by molar-refractivity contribution is 8.01. The van der Waals surface area contributed by atoms with Gasteiger partial charge in [0, 0.05) is 10.3 Å². The first-order chi connectivity index (χ1) is 15.3. The number of aryl methyl sites for hydroxylation is 1. The van der Waals surface area contributed by atoms with E-state index in [2.05, 4.69) is 40.8 Å². The molecule has 0 bridgehead atoms. The van der Waals surface area contributed by atoms with E-state index in [0.29, 0.717) is 17.9 Å². The molecule has 9 heteroatoms. The van der Waals surface area contributed by atoms with Crippen LogP contribution in [0.3, 0.4) is 0 Å². The Morgan fingerprint density at radius 3 is 2.69 bits per heavy atom. The quantitative estimate of drug-likeness (QED) is 0.603. The van der Waals surface area contributed by atoms with Gasteiger partial charge in [0.15, 0.2) is 5.82 Å². The maximum Gasteiger partial charge on any atom is 0.252 e. The molecule has 0 spiro atoms. The van der Waals surface area contributed by atoms with Crippen LogP contribution in [0.5, 0.6) is 0 Å². The maximum atomic E-state index is 13.1. The molecule has 2 aliphatic rings. The van der Waals surface area contributed by atoms with Crippen molar-refractivity contribution in [3.63, 3.8) is 0 Å². The van der Waals surface area contributed by atoms with E-state index in [-0.39, 0.29) is 28.0 Å². The Balaban J connectivity index is 1.38. The number of fused-ring (bicyclic) bond motifs is 1. The zero-order chi connectivity index (χ0) is 22.5. The van der Waals surface area contributed by atoms with Crippen molar-refractivity contribution in [2.45, 2.75) is 49.5 Å². The second kappa shape index (κ2) is 7.74. The molecule has 0 aliphatic carbocycles. The van der Waals surface area contributed by atoms with Crippen molar-refractivity contribution < 1.29 is 9.59 Å². The largest absolute Gasteiger partial charge is 0.338 e. The first kappa shape index (κ1) is 20.7. The Morgan fingerprint density at radius 1 is 1.16 bits per heavy atom. The lowest BCUT2D eigenvalue weighted by molar-refractivity contribution is -0.149. The van der Waals surface area contributed by atoms with E-state index in [9.17, 15) is 9.59 Å². The highest BCUT2D eigenvalue weighted by Gasteiger charge is 2.63. The van der Waals surface area contributed by atoms with Crippen LogP contribution >= 0.6 is 11.8 Å². The van der Waals surface area contributed by atoms with Gasteiger partial charge >= 0.3 is 0 Å². The average molecular weight is 449 g/mol. The number of nitrogens with one attached hydrogen (secondary N) is 1. The van der Waals surface area contributed by atoms with Gasteiger partial charge in [-0.3, -0.25) is 9.59 Å². The number of aromatic nitrogens is 4. The highest BCUT2D eigenvalue weighted by atomic mass is 32.2. The molecule has 3 aromatic rings. The Labute approximate surface area is 190 Å². The molecule has 1 aromatic heterocycles. The fourth-order valence-electron chi connectivity index (χ4n) is 4.48. The molecule has 1 N–H and O–H groups in total. The minimum Gasteiger partial charge on any atom is -0.338 e. The first-order valence-corrected chi connectivity index (χ1v) is 11.4. The molecule has 2 fully saturated rings. The zero-order valence-corrected chi connectivity index (χ0v) is 18.9. The fraction of sp³-hybridized carbons (Fsp3) is 0.348. The van der Waals surface area contributed by atoms with Crippen LogP contribution in [0, 0.1) is 6.92 Å². The molecule has 32 heavy (non-hydrogen) atoms. The van der Waals surface area contributed by atoms with E-state index in [0.717, 1.165) is 5.56 Å². The van der Waals surface area contributed by atoms with E-state index in [4.69, 9.17) is 0 Å². The van der Waals surface area contributed by atoms with Crippen LogP contribution < -0.4 is 5.32 Å². The summed E-state index contributed by atoms with van der Waals surface area (Å²) >= 11 is 1.67. The van der Waals surface area contributed by atoms with Crippen molar-refractivity contribution in [1.82, 2.24) is 30.4 Å². The number of nitrogens with zero attached hydrogens (tertiary/aromatic N) is 5. The molecule has 164 valence electrons. The van der Waals surface area contributed by atoms with Crippen LogP contribution in [0.25, 0.3) is 0 Å². The van der Waals surface area contributed by atoms with Crippen LogP contribution in [0.1, 0.15) is 47.2 Å². The van der Waals surface area contributed by atoms with Crippen LogP contribution in [0.2, 0.25) is 0 Å². The van der Waals surface area contributed by atoms with Crippen LogP contribution in [0.4, 0.5) is 0 Å². The number of tetrazole rings is 1. The van der Waals surface area contributed by atoms with E-state index in [1.54, 1.807) is 40.7 Å². The van der Waals surface area contributed by atoms with Gasteiger partial charge in [0.2, 0.25) is 5.91 Å². The molecule has 2 saturated heterocycles. The van der Waals surface area contributed by atoms with E-state index in [1.807, 2.05) is 36.1 Å². The second-order valence-electron chi connectivity index (χ2n) is 8.76. The third-order valence-corrected chi connectivity index (χ3v) is 7.55. The van der Waals surface area contributed by atoms with Crippen LogP contribution in [0.15, 0.2) is 54.6 Å². The number of carbonyl (C=O) groups excluding carboxylic acids is 2. The lowest BCUT2D eigenvalue weighted by Crippen LogP contribution is -2.68. The molecular formula is C23H24N6O2S. The Bertz CT molecular complexity index is 1180. The predicted molar refractivity (Wildman–Crippen MR) is 121 cm³/mol. The molecule has 0 radical (unpaired) electrons. The Hall–Kier alpha value is -3.20. The second-order valence-corrected chi connectivity index (χ2v) is 10.5. The number of benzene rings is 2. The normalized spacial score (nSPS) is 23.5. The van der Waals surface area contributed by atoms with E-state index >= 15 is 0 Å². The van der Waals surface area contributed by atoms with Gasteiger partial charge in [-0.15, -0.1) is 16.9 Å². The number of amides is 2. The van der Waals surface area contributed by atoms with Gasteiger partial charge in [-0.25, -0.2) is 4.68 Å². The topological polar surface area (TPSA) is 93.0 Å². The summed E-state index contributed by atoms with van der Waals surface area (Å²) in [5.41, 5.74) is 2.81.